The first-order valence-corrected chi connectivity index (χ1v) is 6.63. The lowest BCUT2D eigenvalue weighted by Crippen LogP contribution is -2.32. The number of hydrogen-bond acceptors (Lipinski definition) is 3. The quantitative estimate of drug-likeness (QED) is 0.878. The summed E-state index contributed by atoms with van der Waals surface area (Å²) >= 11 is 0. The molecule has 1 atom stereocenters. The molecule has 0 amide bonds. The van der Waals surface area contributed by atoms with Crippen molar-refractivity contribution in [1.29, 1.82) is 0 Å². The molecule has 0 aromatic carbocycles. The Kier molecular flexibility index (Phi) is 3.06. The van der Waals surface area contributed by atoms with Crippen LogP contribution in [0.4, 0.5) is 0 Å². The van der Waals surface area contributed by atoms with Crippen molar-refractivity contribution in [3.05, 3.63) is 17.0 Å². The van der Waals surface area contributed by atoms with Crippen LogP contribution in [0.15, 0.2) is 0 Å². The predicted molar refractivity (Wildman–Crippen MR) is 72.5 cm³/mol. The smallest absolute Gasteiger partial charge is 0.0858 e. The minimum Gasteiger partial charge on any atom is -0.367 e. The van der Waals surface area contributed by atoms with E-state index in [-0.39, 0.29) is 17.2 Å². The van der Waals surface area contributed by atoms with E-state index >= 15 is 0 Å². The second-order valence-corrected chi connectivity index (χ2v) is 6.48. The lowest BCUT2D eigenvalue weighted by molar-refractivity contribution is -0.0739. The molecule has 1 aliphatic heterocycles. The molecule has 0 spiro atoms. The first kappa shape index (κ1) is 13.6. The molecular formula is C14H25N3O. The third-order valence-electron chi connectivity index (χ3n) is 4.00. The number of ether oxygens (including phenoxy) is 1. The summed E-state index contributed by atoms with van der Waals surface area (Å²) in [7, 11) is 0. The molecule has 1 unspecified atom stereocenters. The van der Waals surface area contributed by atoms with Gasteiger partial charge in [0.15, 0.2) is 0 Å². The Bertz CT molecular complexity index is 460. The number of aryl methyl sites for hydroxylation is 1. The largest absolute Gasteiger partial charge is 0.367 e. The van der Waals surface area contributed by atoms with E-state index in [1.165, 1.54) is 5.69 Å². The number of nitrogens with zero attached hydrogens (tertiary/aromatic N) is 2. The van der Waals surface area contributed by atoms with Crippen molar-refractivity contribution in [3.8, 4) is 0 Å². The normalized spacial score (nSPS) is 25.6. The van der Waals surface area contributed by atoms with E-state index in [1.807, 2.05) is 6.92 Å². The highest BCUT2D eigenvalue weighted by Gasteiger charge is 2.47. The van der Waals surface area contributed by atoms with E-state index < -0.39 is 0 Å². The van der Waals surface area contributed by atoms with E-state index in [1.54, 1.807) is 0 Å². The van der Waals surface area contributed by atoms with Crippen molar-refractivity contribution in [2.75, 3.05) is 0 Å². The summed E-state index contributed by atoms with van der Waals surface area (Å²) in [5.74, 6) is 0. The summed E-state index contributed by atoms with van der Waals surface area (Å²) in [6, 6.07) is 0.270. The Labute approximate surface area is 110 Å². The van der Waals surface area contributed by atoms with Gasteiger partial charge < -0.3 is 10.5 Å². The molecule has 102 valence electrons. The number of aromatic nitrogens is 2. The first-order chi connectivity index (χ1) is 8.18. The SMILES string of the molecule is Cc1nn(C2CC(C)(C)OC2(C)C)c(C)c1CN. The fourth-order valence-corrected chi connectivity index (χ4v) is 3.21. The Morgan fingerprint density at radius 3 is 2.33 bits per heavy atom. The van der Waals surface area contributed by atoms with Gasteiger partial charge >= 0.3 is 0 Å². The van der Waals surface area contributed by atoms with Gasteiger partial charge in [-0.1, -0.05) is 0 Å². The van der Waals surface area contributed by atoms with Gasteiger partial charge in [0.05, 0.1) is 22.9 Å². The van der Waals surface area contributed by atoms with Crippen molar-refractivity contribution in [2.24, 2.45) is 5.73 Å². The zero-order valence-corrected chi connectivity index (χ0v) is 12.4. The van der Waals surface area contributed by atoms with Crippen LogP contribution in [0.3, 0.4) is 0 Å². The van der Waals surface area contributed by atoms with E-state index in [2.05, 4.69) is 44.4 Å². The fraction of sp³-hybridized carbons (Fsp3) is 0.786. The molecule has 0 aliphatic carbocycles. The molecule has 1 saturated heterocycles. The highest BCUT2D eigenvalue weighted by Crippen LogP contribution is 2.45. The Hall–Kier alpha value is -0.870. The highest BCUT2D eigenvalue weighted by atomic mass is 16.5. The second-order valence-electron chi connectivity index (χ2n) is 6.48. The molecule has 1 aromatic rings. The van der Waals surface area contributed by atoms with Gasteiger partial charge in [-0.05, 0) is 41.5 Å². The lowest BCUT2D eigenvalue weighted by atomic mass is 9.94. The van der Waals surface area contributed by atoms with Crippen molar-refractivity contribution in [2.45, 2.75) is 71.8 Å². The predicted octanol–water partition coefficient (Wildman–Crippen LogP) is 2.48. The molecule has 0 bridgehead atoms. The first-order valence-electron chi connectivity index (χ1n) is 6.63. The fourth-order valence-electron chi connectivity index (χ4n) is 3.21. The molecule has 4 nitrogen and oxygen atoms in total. The van der Waals surface area contributed by atoms with E-state index in [9.17, 15) is 0 Å². The van der Waals surface area contributed by atoms with Crippen LogP contribution in [0, 0.1) is 13.8 Å². The molecule has 0 saturated carbocycles. The average Bonchev–Trinajstić information content (AvgIpc) is 2.60. The van der Waals surface area contributed by atoms with Crippen molar-refractivity contribution in [3.63, 3.8) is 0 Å². The number of nitrogens with two attached hydrogens (primary N) is 1. The van der Waals surface area contributed by atoms with Gasteiger partial charge in [-0.25, -0.2) is 0 Å². The molecule has 1 fully saturated rings. The van der Waals surface area contributed by atoms with Crippen molar-refractivity contribution < 1.29 is 4.74 Å². The van der Waals surface area contributed by atoms with Crippen LogP contribution < -0.4 is 5.73 Å². The van der Waals surface area contributed by atoms with Gasteiger partial charge in [0.2, 0.25) is 0 Å². The Morgan fingerprint density at radius 1 is 1.33 bits per heavy atom. The van der Waals surface area contributed by atoms with E-state index in [4.69, 9.17) is 10.5 Å². The van der Waals surface area contributed by atoms with Crippen LogP contribution in [0.2, 0.25) is 0 Å². The minimum absolute atomic E-state index is 0.0939. The summed E-state index contributed by atoms with van der Waals surface area (Å²) in [6.45, 7) is 13.3. The zero-order chi connectivity index (χ0) is 13.7. The third-order valence-corrected chi connectivity index (χ3v) is 4.00. The molecule has 2 heterocycles. The van der Waals surface area contributed by atoms with Crippen LogP contribution in [0.5, 0.6) is 0 Å². The van der Waals surface area contributed by atoms with Crippen LogP contribution in [-0.4, -0.2) is 21.0 Å². The van der Waals surface area contributed by atoms with Crippen LogP contribution >= 0.6 is 0 Å². The summed E-state index contributed by atoms with van der Waals surface area (Å²) < 4.78 is 8.27. The van der Waals surface area contributed by atoms with Gasteiger partial charge in [0.25, 0.3) is 0 Å². The number of rotatable bonds is 2. The van der Waals surface area contributed by atoms with E-state index in [0.29, 0.717) is 6.54 Å². The molecule has 0 radical (unpaired) electrons. The summed E-state index contributed by atoms with van der Waals surface area (Å²) in [5.41, 5.74) is 8.89. The number of hydrogen-bond donors (Lipinski definition) is 1. The van der Waals surface area contributed by atoms with Gasteiger partial charge in [-0.15, -0.1) is 0 Å². The molecule has 4 heteroatoms. The molecule has 1 aromatic heterocycles. The third kappa shape index (κ3) is 2.08. The lowest BCUT2D eigenvalue weighted by Gasteiger charge is -2.28. The van der Waals surface area contributed by atoms with Gasteiger partial charge in [-0.3, -0.25) is 4.68 Å². The molecule has 2 N–H and O–H groups in total. The topological polar surface area (TPSA) is 53.1 Å². The van der Waals surface area contributed by atoms with Crippen LogP contribution in [-0.2, 0) is 11.3 Å². The Balaban J connectivity index is 2.44. The zero-order valence-electron chi connectivity index (χ0n) is 12.4. The summed E-state index contributed by atoms with van der Waals surface area (Å²) in [5, 5.41) is 4.68. The average molecular weight is 251 g/mol. The monoisotopic (exact) mass is 251 g/mol. The Morgan fingerprint density at radius 2 is 1.94 bits per heavy atom. The molecular weight excluding hydrogens is 226 g/mol. The van der Waals surface area contributed by atoms with Gasteiger partial charge in [0.1, 0.15) is 0 Å². The maximum absolute atomic E-state index is 6.15. The standard InChI is InChI=1S/C14H25N3O/c1-9-11(8-15)10(2)17(16-9)12-7-13(3,4)18-14(12,5)6/h12H,7-8,15H2,1-6H3. The van der Waals surface area contributed by atoms with Gasteiger partial charge in [-0.2, -0.15) is 5.10 Å². The molecule has 1 aliphatic rings. The summed E-state index contributed by atoms with van der Waals surface area (Å²) in [4.78, 5) is 0. The maximum Gasteiger partial charge on any atom is 0.0858 e. The second kappa shape index (κ2) is 4.07. The van der Waals surface area contributed by atoms with Crippen LogP contribution in [0.1, 0.15) is 57.1 Å². The van der Waals surface area contributed by atoms with Crippen molar-refractivity contribution in [1.82, 2.24) is 9.78 Å². The minimum atomic E-state index is -0.196. The van der Waals surface area contributed by atoms with Crippen LogP contribution in [0.25, 0.3) is 0 Å². The maximum atomic E-state index is 6.15. The molecule has 18 heavy (non-hydrogen) atoms. The van der Waals surface area contributed by atoms with E-state index in [0.717, 1.165) is 17.7 Å². The highest BCUT2D eigenvalue weighted by molar-refractivity contribution is 5.25. The molecule has 2 rings (SSSR count). The van der Waals surface area contributed by atoms with Crippen molar-refractivity contribution >= 4 is 0 Å². The van der Waals surface area contributed by atoms with Gasteiger partial charge in [0, 0.05) is 24.2 Å². The summed E-state index contributed by atoms with van der Waals surface area (Å²) in [6.07, 6.45) is 0.978.